The van der Waals surface area contributed by atoms with E-state index in [4.69, 9.17) is 4.74 Å². The molecule has 28 heavy (non-hydrogen) atoms. The molecule has 1 fully saturated rings. The first-order valence-corrected chi connectivity index (χ1v) is 10.6. The van der Waals surface area contributed by atoms with Crippen LogP contribution in [0.25, 0.3) is 0 Å². The first kappa shape index (κ1) is 20.2. The van der Waals surface area contributed by atoms with Crippen molar-refractivity contribution >= 4 is 27.3 Å². The van der Waals surface area contributed by atoms with E-state index in [0.29, 0.717) is 31.6 Å². The van der Waals surface area contributed by atoms with Gasteiger partial charge in [0.15, 0.2) is 0 Å². The molecule has 2 aromatic carbocycles. The molecular formula is C20H25N3O4S. The fourth-order valence-electron chi connectivity index (χ4n) is 3.29. The maximum absolute atomic E-state index is 12.9. The van der Waals surface area contributed by atoms with Crippen molar-refractivity contribution in [3.05, 3.63) is 48.5 Å². The van der Waals surface area contributed by atoms with Crippen LogP contribution in [0.3, 0.4) is 0 Å². The van der Waals surface area contributed by atoms with Crippen molar-refractivity contribution in [3.8, 4) is 5.75 Å². The Morgan fingerprint density at radius 2 is 1.71 bits per heavy atom. The number of anilines is 2. The normalized spacial score (nSPS) is 15.8. The van der Waals surface area contributed by atoms with Crippen LogP contribution in [-0.4, -0.2) is 44.9 Å². The van der Waals surface area contributed by atoms with Crippen LogP contribution >= 0.6 is 0 Å². The molecule has 150 valence electrons. The summed E-state index contributed by atoms with van der Waals surface area (Å²) in [5.41, 5.74) is 1.49. The number of benzene rings is 2. The summed E-state index contributed by atoms with van der Waals surface area (Å²) in [5, 5.41) is 6.09. The Morgan fingerprint density at radius 1 is 1.07 bits per heavy atom. The molecule has 3 rings (SSSR count). The number of hydrogen-bond acceptors (Lipinski definition) is 5. The molecular weight excluding hydrogens is 378 g/mol. The Balaban J connectivity index is 1.62. The summed E-state index contributed by atoms with van der Waals surface area (Å²) in [7, 11) is -1.92. The second kappa shape index (κ2) is 8.62. The number of methoxy groups -OCH3 is 1. The molecule has 1 aliphatic rings. The van der Waals surface area contributed by atoms with Gasteiger partial charge < -0.3 is 15.4 Å². The highest BCUT2D eigenvalue weighted by Gasteiger charge is 2.29. The van der Waals surface area contributed by atoms with Gasteiger partial charge in [0.25, 0.3) is 0 Å². The quantitative estimate of drug-likeness (QED) is 0.774. The lowest BCUT2D eigenvalue weighted by Crippen LogP contribution is -2.42. The molecule has 0 atom stereocenters. The molecule has 0 aliphatic carbocycles. The van der Waals surface area contributed by atoms with Crippen molar-refractivity contribution in [1.29, 1.82) is 0 Å². The first-order chi connectivity index (χ1) is 13.4. The second-order valence-corrected chi connectivity index (χ2v) is 8.67. The van der Waals surface area contributed by atoms with Gasteiger partial charge in [-0.05, 0) is 49.2 Å². The summed E-state index contributed by atoms with van der Waals surface area (Å²) in [4.78, 5) is 11.3. The minimum Gasteiger partial charge on any atom is -0.495 e. The molecule has 0 saturated carbocycles. The molecule has 0 unspecified atom stereocenters. The van der Waals surface area contributed by atoms with E-state index in [-0.39, 0.29) is 16.8 Å². The van der Waals surface area contributed by atoms with Crippen molar-refractivity contribution in [2.24, 2.45) is 0 Å². The minimum absolute atomic E-state index is 0.185. The first-order valence-electron chi connectivity index (χ1n) is 9.17. The van der Waals surface area contributed by atoms with Crippen LogP contribution in [0.15, 0.2) is 53.4 Å². The standard InChI is InChI=1S/C20H25N3O4S/c1-15(24)21-16-7-9-18(10-8-16)28(25,26)23-13-11-17(12-14-23)22-19-5-3-4-6-20(19)27-2/h3-10,17,22H,11-14H2,1-2H3,(H,21,24). The zero-order chi connectivity index (χ0) is 20.1. The lowest BCUT2D eigenvalue weighted by molar-refractivity contribution is -0.114. The number of sulfonamides is 1. The Bertz CT molecular complexity index is 921. The van der Waals surface area contributed by atoms with Gasteiger partial charge >= 0.3 is 0 Å². The third kappa shape index (κ3) is 4.63. The van der Waals surface area contributed by atoms with Gasteiger partial charge in [0.1, 0.15) is 5.75 Å². The van der Waals surface area contributed by atoms with E-state index in [1.807, 2.05) is 24.3 Å². The molecule has 2 N–H and O–H groups in total. The number of carbonyl (C=O) groups is 1. The number of hydrogen-bond donors (Lipinski definition) is 2. The SMILES string of the molecule is COc1ccccc1NC1CCN(S(=O)(=O)c2ccc(NC(C)=O)cc2)CC1. The summed E-state index contributed by atoms with van der Waals surface area (Å²) < 4.78 is 32.6. The van der Waals surface area contributed by atoms with Gasteiger partial charge in [0, 0.05) is 31.7 Å². The molecule has 1 heterocycles. The van der Waals surface area contributed by atoms with E-state index in [2.05, 4.69) is 10.6 Å². The number of para-hydroxylation sites is 2. The Kier molecular flexibility index (Phi) is 6.21. The highest BCUT2D eigenvalue weighted by Crippen LogP contribution is 2.27. The van der Waals surface area contributed by atoms with Crippen molar-refractivity contribution in [2.75, 3.05) is 30.8 Å². The van der Waals surface area contributed by atoms with Gasteiger partial charge in [0.2, 0.25) is 15.9 Å². The van der Waals surface area contributed by atoms with Crippen LogP contribution in [-0.2, 0) is 14.8 Å². The number of carbonyl (C=O) groups excluding carboxylic acids is 1. The van der Waals surface area contributed by atoms with Crippen LogP contribution in [0.5, 0.6) is 5.75 Å². The smallest absolute Gasteiger partial charge is 0.243 e. The van der Waals surface area contributed by atoms with E-state index >= 15 is 0 Å². The van der Waals surface area contributed by atoms with Gasteiger partial charge in [-0.3, -0.25) is 4.79 Å². The van der Waals surface area contributed by atoms with Crippen molar-refractivity contribution in [3.63, 3.8) is 0 Å². The lowest BCUT2D eigenvalue weighted by atomic mass is 10.1. The predicted molar refractivity (Wildman–Crippen MR) is 109 cm³/mol. The number of amides is 1. The summed E-state index contributed by atoms with van der Waals surface area (Å²) in [6.45, 7) is 2.30. The maximum Gasteiger partial charge on any atom is 0.243 e. The number of nitrogens with one attached hydrogen (secondary N) is 2. The van der Waals surface area contributed by atoms with Crippen LogP contribution in [0.1, 0.15) is 19.8 Å². The molecule has 1 saturated heterocycles. The fraction of sp³-hybridized carbons (Fsp3) is 0.350. The molecule has 7 nitrogen and oxygen atoms in total. The molecule has 0 bridgehead atoms. The number of ether oxygens (including phenoxy) is 1. The van der Waals surface area contributed by atoms with Crippen LogP contribution in [0, 0.1) is 0 Å². The highest BCUT2D eigenvalue weighted by molar-refractivity contribution is 7.89. The van der Waals surface area contributed by atoms with Crippen molar-refractivity contribution in [2.45, 2.75) is 30.7 Å². The average molecular weight is 404 g/mol. The Morgan fingerprint density at radius 3 is 2.32 bits per heavy atom. The summed E-state index contributed by atoms with van der Waals surface area (Å²) in [6, 6.07) is 14.1. The topological polar surface area (TPSA) is 87.7 Å². The molecule has 2 aromatic rings. The van der Waals surface area contributed by atoms with E-state index < -0.39 is 10.0 Å². The third-order valence-electron chi connectivity index (χ3n) is 4.73. The Hall–Kier alpha value is -2.58. The molecule has 1 aliphatic heterocycles. The van der Waals surface area contributed by atoms with Crippen LogP contribution in [0.4, 0.5) is 11.4 Å². The summed E-state index contributed by atoms with van der Waals surface area (Å²) in [6.07, 6.45) is 1.42. The molecule has 0 radical (unpaired) electrons. The van der Waals surface area contributed by atoms with Crippen LogP contribution < -0.4 is 15.4 Å². The fourth-order valence-corrected chi connectivity index (χ4v) is 4.76. The zero-order valence-corrected chi connectivity index (χ0v) is 16.8. The van der Waals surface area contributed by atoms with E-state index in [9.17, 15) is 13.2 Å². The molecule has 0 spiro atoms. The van der Waals surface area contributed by atoms with Gasteiger partial charge in [-0.2, -0.15) is 4.31 Å². The maximum atomic E-state index is 12.9. The number of nitrogens with zero attached hydrogens (tertiary/aromatic N) is 1. The number of piperidine rings is 1. The van der Waals surface area contributed by atoms with Gasteiger partial charge in [0.05, 0.1) is 17.7 Å². The Labute approximate surface area is 165 Å². The molecule has 1 amide bonds. The summed E-state index contributed by atoms with van der Waals surface area (Å²) in [5.74, 6) is 0.581. The van der Waals surface area contributed by atoms with E-state index in [1.54, 1.807) is 19.2 Å². The largest absolute Gasteiger partial charge is 0.495 e. The van der Waals surface area contributed by atoms with Crippen molar-refractivity contribution in [1.82, 2.24) is 4.31 Å². The van der Waals surface area contributed by atoms with Crippen LogP contribution in [0.2, 0.25) is 0 Å². The minimum atomic E-state index is -3.55. The molecule has 8 heteroatoms. The highest BCUT2D eigenvalue weighted by atomic mass is 32.2. The van der Waals surface area contributed by atoms with E-state index in [0.717, 1.165) is 11.4 Å². The van der Waals surface area contributed by atoms with Gasteiger partial charge in [-0.25, -0.2) is 8.42 Å². The predicted octanol–water partition coefficient (Wildman–Crippen LogP) is 2.92. The number of rotatable bonds is 6. The van der Waals surface area contributed by atoms with Gasteiger partial charge in [-0.1, -0.05) is 12.1 Å². The van der Waals surface area contributed by atoms with E-state index in [1.165, 1.54) is 23.4 Å². The monoisotopic (exact) mass is 403 g/mol. The lowest BCUT2D eigenvalue weighted by Gasteiger charge is -2.32. The van der Waals surface area contributed by atoms with Gasteiger partial charge in [-0.15, -0.1) is 0 Å². The van der Waals surface area contributed by atoms with Crippen molar-refractivity contribution < 1.29 is 17.9 Å². The average Bonchev–Trinajstić information content (AvgIpc) is 2.69. The second-order valence-electron chi connectivity index (χ2n) is 6.73. The molecule has 0 aromatic heterocycles. The third-order valence-corrected chi connectivity index (χ3v) is 6.65. The summed E-state index contributed by atoms with van der Waals surface area (Å²) >= 11 is 0. The zero-order valence-electron chi connectivity index (χ0n) is 16.0.